The normalized spacial score (nSPS) is 38.7. The van der Waals surface area contributed by atoms with Crippen LogP contribution in [0.25, 0.3) is 0 Å². The number of morpholine rings is 1. The van der Waals surface area contributed by atoms with E-state index in [4.69, 9.17) is 26.7 Å². The van der Waals surface area contributed by atoms with Crippen molar-refractivity contribution in [1.82, 2.24) is 15.1 Å². The Bertz CT molecular complexity index is 1780. The van der Waals surface area contributed by atoms with Gasteiger partial charge in [0.15, 0.2) is 0 Å². The first-order chi connectivity index (χ1) is 22.5. The van der Waals surface area contributed by atoms with Gasteiger partial charge in [0.1, 0.15) is 24.2 Å². The molecule has 2 aromatic carbocycles. The standard InChI is InChI=1S/C25H26FN3O5/c26-20-12-16(13-28-8-10-33-11-9-28)4-5-17(20)15-34-22-3-1-2-18-19(22)14-29(25(18)32)21-6-7-23(30)27-24(21)31/h1-5,12,21H,6-11,13-15H2,(H,27,30,31)/t21-/m0/s1/i6D2,7D2,8D2,9D2,10D2,11D2,14D2,15D2. The number of carbonyl (C=O) groups excluding carboxylic acids is 3. The zero-order valence-electron chi connectivity index (χ0n) is 33.1. The van der Waals surface area contributed by atoms with Crippen LogP contribution in [0.3, 0.4) is 0 Å². The Labute approximate surface area is 219 Å². The largest absolute Gasteiger partial charge is 0.488 e. The second-order valence-corrected chi connectivity index (χ2v) is 7.09. The molecule has 3 amide bonds. The first-order valence-electron chi connectivity index (χ1n) is 17.7. The number of rotatable bonds is 6. The molecule has 3 aliphatic heterocycles. The molecule has 8 nitrogen and oxygen atoms in total. The van der Waals surface area contributed by atoms with Crippen molar-refractivity contribution in [2.45, 2.75) is 38.4 Å². The van der Waals surface area contributed by atoms with Gasteiger partial charge in [-0.05, 0) is 30.1 Å². The molecule has 0 aromatic heterocycles. The molecule has 0 aliphatic carbocycles. The van der Waals surface area contributed by atoms with Crippen LogP contribution in [0.15, 0.2) is 36.4 Å². The fourth-order valence-electron chi connectivity index (χ4n) is 3.31. The first kappa shape index (κ1) is 10.5. The average molecular weight is 484 g/mol. The maximum atomic E-state index is 15.5. The molecule has 1 atom stereocenters. The van der Waals surface area contributed by atoms with E-state index in [0.29, 0.717) is 6.07 Å². The molecule has 0 bridgehead atoms. The van der Waals surface area contributed by atoms with Crippen molar-refractivity contribution in [1.29, 1.82) is 0 Å². The van der Waals surface area contributed by atoms with Gasteiger partial charge in [-0.1, -0.05) is 18.2 Å². The van der Waals surface area contributed by atoms with Crippen LogP contribution in [0.2, 0.25) is 0 Å². The highest BCUT2D eigenvalue weighted by Crippen LogP contribution is 2.34. The van der Waals surface area contributed by atoms with Gasteiger partial charge in [-0.25, -0.2) is 4.39 Å². The summed E-state index contributed by atoms with van der Waals surface area (Å²) in [6.07, 6.45) is -6.86. The van der Waals surface area contributed by atoms with Crippen LogP contribution in [-0.2, 0) is 33.9 Å². The van der Waals surface area contributed by atoms with Crippen LogP contribution in [0.4, 0.5) is 4.39 Å². The summed E-state index contributed by atoms with van der Waals surface area (Å²) in [6.45, 7) is -20.6. The molecular weight excluding hydrogens is 441 g/mol. The summed E-state index contributed by atoms with van der Waals surface area (Å²) >= 11 is 0. The minimum Gasteiger partial charge on any atom is -0.488 e. The number of fused-ring (bicyclic) bond motifs is 1. The van der Waals surface area contributed by atoms with Gasteiger partial charge in [0, 0.05) is 53.6 Å². The summed E-state index contributed by atoms with van der Waals surface area (Å²) in [5, 5.41) is 1.59. The molecule has 0 radical (unpaired) electrons. The number of halogens is 1. The van der Waals surface area contributed by atoms with E-state index in [1.54, 1.807) is 5.32 Å². The average Bonchev–Trinajstić information content (AvgIpc) is 3.14. The maximum Gasteiger partial charge on any atom is 0.255 e. The maximum absolute atomic E-state index is 15.5. The van der Waals surface area contributed by atoms with Crippen molar-refractivity contribution in [3.8, 4) is 5.75 Å². The van der Waals surface area contributed by atoms with Gasteiger partial charge < -0.3 is 14.4 Å². The van der Waals surface area contributed by atoms with Gasteiger partial charge in [-0.15, -0.1) is 0 Å². The van der Waals surface area contributed by atoms with Crippen LogP contribution < -0.4 is 10.1 Å². The molecule has 0 unspecified atom stereocenters. The van der Waals surface area contributed by atoms with Gasteiger partial charge in [0.25, 0.3) is 5.91 Å². The summed E-state index contributed by atoms with van der Waals surface area (Å²) in [5.41, 5.74) is -2.39. The number of hydrogen-bond acceptors (Lipinski definition) is 6. The zero-order valence-corrected chi connectivity index (χ0v) is 17.1. The third-order valence-electron chi connectivity index (χ3n) is 4.88. The van der Waals surface area contributed by atoms with E-state index in [-0.39, 0.29) is 15.4 Å². The van der Waals surface area contributed by atoms with Crippen LogP contribution in [-0.4, -0.2) is 59.7 Å². The molecule has 2 saturated heterocycles. The van der Waals surface area contributed by atoms with E-state index in [9.17, 15) is 14.4 Å². The monoisotopic (exact) mass is 483 g/mol. The molecule has 9 heteroatoms. The smallest absolute Gasteiger partial charge is 0.255 e. The quantitative estimate of drug-likeness (QED) is 0.633. The van der Waals surface area contributed by atoms with Crippen molar-refractivity contribution in [3.63, 3.8) is 0 Å². The first-order valence-corrected chi connectivity index (χ1v) is 9.75. The molecule has 0 spiro atoms. The lowest BCUT2D eigenvalue weighted by molar-refractivity contribution is -0.136. The predicted molar refractivity (Wildman–Crippen MR) is 119 cm³/mol. The fraction of sp³-hybridized carbons (Fsp3) is 0.400. The van der Waals surface area contributed by atoms with Crippen molar-refractivity contribution >= 4 is 17.7 Å². The summed E-state index contributed by atoms with van der Waals surface area (Å²) in [5.74, 6) is -6.60. The van der Waals surface area contributed by atoms with E-state index in [0.717, 1.165) is 30.3 Å². The molecule has 5 rings (SSSR count). The number of carbonyl (C=O) groups is 3. The molecule has 3 heterocycles. The molecule has 2 aromatic rings. The lowest BCUT2D eigenvalue weighted by Gasteiger charge is -2.29. The summed E-state index contributed by atoms with van der Waals surface area (Å²) in [4.78, 5) is 38.5. The number of benzene rings is 2. The summed E-state index contributed by atoms with van der Waals surface area (Å²) in [6, 6.07) is 3.02. The Balaban J connectivity index is 1.48. The van der Waals surface area contributed by atoms with Crippen LogP contribution in [0, 0.1) is 5.82 Å². The number of hydrogen-bond donors (Lipinski definition) is 1. The highest BCUT2D eigenvalue weighted by atomic mass is 19.1. The van der Waals surface area contributed by atoms with E-state index in [1.807, 2.05) is 0 Å². The van der Waals surface area contributed by atoms with E-state index in [1.165, 1.54) is 0 Å². The van der Waals surface area contributed by atoms with Gasteiger partial charge in [-0.2, -0.15) is 0 Å². The highest BCUT2D eigenvalue weighted by molar-refractivity contribution is 6.05. The molecule has 0 saturated carbocycles. The van der Waals surface area contributed by atoms with Gasteiger partial charge in [0.05, 0.1) is 30.6 Å². The molecule has 2 fully saturated rings. The minimum absolute atomic E-state index is 0.0722. The van der Waals surface area contributed by atoms with Crippen molar-refractivity contribution in [3.05, 3.63) is 64.5 Å². The third kappa shape index (κ3) is 4.53. The number of amides is 3. The fourth-order valence-corrected chi connectivity index (χ4v) is 3.31. The van der Waals surface area contributed by atoms with Gasteiger partial charge in [-0.3, -0.25) is 24.6 Å². The highest BCUT2D eigenvalue weighted by Gasteiger charge is 2.40. The third-order valence-corrected chi connectivity index (χ3v) is 4.88. The molecular formula is C25H26FN3O5. The second-order valence-electron chi connectivity index (χ2n) is 7.09. The van der Waals surface area contributed by atoms with Crippen molar-refractivity contribution < 1.29 is 50.2 Å². The van der Waals surface area contributed by atoms with Gasteiger partial charge >= 0.3 is 0 Å². The summed E-state index contributed by atoms with van der Waals surface area (Å²) in [7, 11) is 0. The Morgan fingerprint density at radius 1 is 1.21 bits per heavy atom. The van der Waals surface area contributed by atoms with Crippen molar-refractivity contribution in [2.24, 2.45) is 0 Å². The number of nitrogens with one attached hydrogen (secondary N) is 1. The SMILES string of the molecule is [2H]C([2H])(Oc1cccc2c1C([2H])([2H])N([C@@H]1C(=O)NC(=O)C([2H])([2H])C1([2H])[2H])C2=O)c1ccc(CN2C([2H])([2H])C([2H])([2H])OC([2H])([2H])C2([2H])[2H])cc1F. The van der Waals surface area contributed by atoms with E-state index >= 15 is 4.39 Å². The Kier molecular flexibility index (Phi) is 2.95. The van der Waals surface area contributed by atoms with E-state index < -0.39 is 110 Å². The van der Waals surface area contributed by atoms with Crippen LogP contribution in [0.5, 0.6) is 5.75 Å². The number of ether oxygens (including phenoxy) is 2. The molecule has 34 heavy (non-hydrogen) atoms. The Morgan fingerprint density at radius 3 is 2.82 bits per heavy atom. The topological polar surface area (TPSA) is 88.2 Å². The zero-order chi connectivity index (χ0) is 38.0. The predicted octanol–water partition coefficient (Wildman–Crippen LogP) is 2.00. The number of imide groups is 1. The lowest BCUT2D eigenvalue weighted by atomic mass is 10.0. The van der Waals surface area contributed by atoms with Crippen LogP contribution >= 0.6 is 0 Å². The Hall–Kier alpha value is -3.30. The molecule has 3 aliphatic rings. The molecule has 178 valence electrons. The second kappa shape index (κ2) is 9.52. The van der Waals surface area contributed by atoms with Gasteiger partial charge in [0.2, 0.25) is 11.8 Å². The van der Waals surface area contributed by atoms with Crippen molar-refractivity contribution in [2.75, 3.05) is 26.1 Å². The lowest BCUT2D eigenvalue weighted by Crippen LogP contribution is -2.52. The Morgan fingerprint density at radius 2 is 2.03 bits per heavy atom. The summed E-state index contributed by atoms with van der Waals surface area (Å²) < 4.78 is 156. The molecule has 1 N–H and O–H groups in total. The number of piperidine rings is 1. The van der Waals surface area contributed by atoms with Crippen LogP contribution in [0.1, 0.15) is 61.7 Å². The van der Waals surface area contributed by atoms with E-state index in [2.05, 4.69) is 4.74 Å². The minimum atomic E-state index is -3.45. The number of nitrogens with zero attached hydrogens (tertiary/aromatic N) is 2.